The fourth-order valence-corrected chi connectivity index (χ4v) is 2.82. The number of methoxy groups -OCH3 is 1. The largest absolute Gasteiger partial charge is 0.489 e. The number of nitrogens with zero attached hydrogens (tertiary/aromatic N) is 1. The van der Waals surface area contributed by atoms with Crippen LogP contribution >= 0.6 is 11.8 Å². The lowest BCUT2D eigenvalue weighted by Crippen LogP contribution is -2.17. The van der Waals surface area contributed by atoms with Gasteiger partial charge in [-0.25, -0.2) is 0 Å². The number of benzene rings is 1. The van der Waals surface area contributed by atoms with Gasteiger partial charge in [0, 0.05) is 19.1 Å². The van der Waals surface area contributed by atoms with Crippen molar-refractivity contribution in [2.75, 3.05) is 31.4 Å². The summed E-state index contributed by atoms with van der Waals surface area (Å²) >= 11 is 1.31. The van der Waals surface area contributed by atoms with E-state index in [0.29, 0.717) is 5.75 Å². The predicted molar refractivity (Wildman–Crippen MR) is 97.8 cm³/mol. The Morgan fingerprint density at radius 2 is 2.04 bits per heavy atom. The third-order valence-corrected chi connectivity index (χ3v) is 4.30. The maximum atomic E-state index is 12.9. The molecule has 0 aliphatic heterocycles. The zero-order valence-corrected chi connectivity index (χ0v) is 15.4. The number of hydrogen-bond acceptors (Lipinski definition) is 5. The van der Waals surface area contributed by atoms with Crippen LogP contribution in [0, 0.1) is 0 Å². The minimum Gasteiger partial charge on any atom is -0.489 e. The van der Waals surface area contributed by atoms with E-state index in [9.17, 15) is 18.0 Å². The molecule has 27 heavy (non-hydrogen) atoms. The van der Waals surface area contributed by atoms with Crippen molar-refractivity contribution in [3.63, 3.8) is 0 Å². The molecule has 5 nitrogen and oxygen atoms in total. The Morgan fingerprint density at radius 1 is 1.22 bits per heavy atom. The van der Waals surface area contributed by atoms with E-state index in [1.54, 1.807) is 12.3 Å². The van der Waals surface area contributed by atoms with Crippen LogP contribution in [0.25, 0.3) is 0 Å². The predicted octanol–water partition coefficient (Wildman–Crippen LogP) is 4.00. The molecule has 0 saturated carbocycles. The van der Waals surface area contributed by atoms with Crippen LogP contribution in [0.15, 0.2) is 42.6 Å². The number of rotatable bonds is 9. The Bertz CT molecular complexity index is 742. The first-order valence-electron chi connectivity index (χ1n) is 8.00. The van der Waals surface area contributed by atoms with Crippen molar-refractivity contribution >= 4 is 23.4 Å². The van der Waals surface area contributed by atoms with Crippen molar-refractivity contribution < 1.29 is 27.4 Å². The van der Waals surface area contributed by atoms with Gasteiger partial charge in [0.1, 0.15) is 12.4 Å². The van der Waals surface area contributed by atoms with E-state index in [0.717, 1.165) is 17.8 Å². The zero-order valence-electron chi connectivity index (χ0n) is 14.6. The number of amides is 1. The van der Waals surface area contributed by atoms with Crippen molar-refractivity contribution in [1.29, 1.82) is 0 Å². The summed E-state index contributed by atoms with van der Waals surface area (Å²) in [6, 6.07) is 8.43. The van der Waals surface area contributed by atoms with E-state index in [4.69, 9.17) is 9.47 Å². The third-order valence-electron chi connectivity index (χ3n) is 3.34. The van der Waals surface area contributed by atoms with Crippen molar-refractivity contribution in [3.05, 3.63) is 53.9 Å². The second-order valence-electron chi connectivity index (χ2n) is 5.41. The summed E-state index contributed by atoms with van der Waals surface area (Å²) in [5, 5.41) is 2.49. The second-order valence-corrected chi connectivity index (χ2v) is 6.40. The number of carbonyl (C=O) groups excluding carboxylic acids is 1. The summed E-state index contributed by atoms with van der Waals surface area (Å²) < 4.78 is 49.1. The lowest BCUT2D eigenvalue weighted by molar-refractivity contribution is -0.137. The molecule has 0 saturated heterocycles. The van der Waals surface area contributed by atoms with Gasteiger partial charge in [-0.05, 0) is 30.3 Å². The average Bonchev–Trinajstić information content (AvgIpc) is 2.63. The molecule has 1 aromatic heterocycles. The summed E-state index contributed by atoms with van der Waals surface area (Å²) in [7, 11) is 1.48. The number of hydrogen-bond donors (Lipinski definition) is 1. The van der Waals surface area contributed by atoms with Gasteiger partial charge in [0.25, 0.3) is 0 Å². The molecule has 0 bridgehead atoms. The fourth-order valence-electron chi connectivity index (χ4n) is 2.08. The highest BCUT2D eigenvalue weighted by atomic mass is 32.2. The molecule has 0 radical (unpaired) electrons. The Balaban J connectivity index is 2.01. The van der Waals surface area contributed by atoms with Crippen molar-refractivity contribution in [1.82, 2.24) is 4.98 Å². The van der Waals surface area contributed by atoms with E-state index < -0.39 is 17.6 Å². The maximum absolute atomic E-state index is 12.9. The second kappa shape index (κ2) is 10.2. The van der Waals surface area contributed by atoms with Crippen LogP contribution < -0.4 is 10.1 Å². The molecule has 9 heteroatoms. The lowest BCUT2D eigenvalue weighted by Gasteiger charge is -2.15. The molecule has 2 aromatic rings. The van der Waals surface area contributed by atoms with Crippen LogP contribution in [0.4, 0.5) is 18.9 Å². The molecule has 146 valence electrons. The Morgan fingerprint density at radius 3 is 2.70 bits per heavy atom. The molecule has 0 fully saturated rings. The van der Waals surface area contributed by atoms with Gasteiger partial charge in [-0.3, -0.25) is 9.78 Å². The summed E-state index contributed by atoms with van der Waals surface area (Å²) in [6.07, 6.45) is -2.86. The lowest BCUT2D eigenvalue weighted by atomic mass is 10.1. The topological polar surface area (TPSA) is 60.5 Å². The third kappa shape index (κ3) is 7.10. The number of nitrogens with one attached hydrogen (secondary N) is 1. The molecule has 0 atom stereocenters. The maximum Gasteiger partial charge on any atom is 0.416 e. The summed E-state index contributed by atoms with van der Waals surface area (Å²) in [5.74, 6) is 0.327. The molecule has 0 aliphatic carbocycles. The standard InChI is InChI=1S/C18H19F3N2O3S/c1-25-8-9-26-16-6-5-13(18(19,20)21)10-15(16)23-17(24)12-27-11-14-4-2-3-7-22-14/h2-7,10H,8-9,11-12H2,1H3,(H,23,24). The molecule has 2 rings (SSSR count). The number of pyridine rings is 1. The van der Waals surface area contributed by atoms with Gasteiger partial charge in [-0.2, -0.15) is 13.2 Å². The number of alkyl halides is 3. The van der Waals surface area contributed by atoms with E-state index in [1.807, 2.05) is 12.1 Å². The molecule has 1 N–H and O–H groups in total. The fraction of sp³-hybridized carbons (Fsp3) is 0.333. The highest BCUT2D eigenvalue weighted by molar-refractivity contribution is 7.99. The molecular formula is C18H19F3N2O3S. The van der Waals surface area contributed by atoms with Crippen LogP contribution in [0.2, 0.25) is 0 Å². The summed E-state index contributed by atoms with van der Waals surface area (Å²) in [4.78, 5) is 16.3. The molecule has 0 spiro atoms. The van der Waals surface area contributed by atoms with Crippen LogP contribution in [-0.4, -0.2) is 37.0 Å². The van der Waals surface area contributed by atoms with Crippen molar-refractivity contribution in [2.45, 2.75) is 11.9 Å². The Hall–Kier alpha value is -2.26. The number of thioether (sulfide) groups is 1. The van der Waals surface area contributed by atoms with Gasteiger partial charge in [-0.1, -0.05) is 6.07 Å². The van der Waals surface area contributed by atoms with Gasteiger partial charge >= 0.3 is 6.18 Å². The van der Waals surface area contributed by atoms with Gasteiger partial charge in [0.2, 0.25) is 5.91 Å². The zero-order chi connectivity index (χ0) is 19.7. The van der Waals surface area contributed by atoms with Gasteiger partial charge in [-0.15, -0.1) is 11.8 Å². The van der Waals surface area contributed by atoms with Crippen LogP contribution in [-0.2, 0) is 21.5 Å². The normalized spacial score (nSPS) is 11.3. The van der Waals surface area contributed by atoms with E-state index in [-0.39, 0.29) is 30.4 Å². The number of anilines is 1. The highest BCUT2D eigenvalue weighted by Gasteiger charge is 2.31. The first kappa shape index (κ1) is 21.0. The SMILES string of the molecule is COCCOc1ccc(C(F)(F)F)cc1NC(=O)CSCc1ccccn1. The highest BCUT2D eigenvalue weighted by Crippen LogP contribution is 2.35. The van der Waals surface area contributed by atoms with E-state index in [2.05, 4.69) is 10.3 Å². The Kier molecular flexibility index (Phi) is 7.93. The van der Waals surface area contributed by atoms with Gasteiger partial charge < -0.3 is 14.8 Å². The van der Waals surface area contributed by atoms with Crippen molar-refractivity contribution in [3.8, 4) is 5.75 Å². The van der Waals surface area contributed by atoms with E-state index >= 15 is 0 Å². The number of aromatic nitrogens is 1. The molecule has 1 heterocycles. The summed E-state index contributed by atoms with van der Waals surface area (Å²) in [6.45, 7) is 0.424. The van der Waals surface area contributed by atoms with Crippen molar-refractivity contribution in [2.24, 2.45) is 0 Å². The first-order chi connectivity index (χ1) is 12.9. The van der Waals surface area contributed by atoms with Crippen LogP contribution in [0.1, 0.15) is 11.3 Å². The van der Waals surface area contributed by atoms with Gasteiger partial charge in [0.15, 0.2) is 0 Å². The summed E-state index contributed by atoms with van der Waals surface area (Å²) in [5.41, 5.74) is -0.0691. The molecule has 0 unspecified atom stereocenters. The Labute approximate surface area is 159 Å². The molecular weight excluding hydrogens is 381 g/mol. The quantitative estimate of drug-likeness (QED) is 0.645. The number of halogens is 3. The molecule has 1 aromatic carbocycles. The number of ether oxygens (including phenoxy) is 2. The molecule has 0 aliphatic rings. The first-order valence-corrected chi connectivity index (χ1v) is 9.16. The number of carbonyl (C=O) groups is 1. The average molecular weight is 400 g/mol. The van der Waals surface area contributed by atoms with Gasteiger partial charge in [0.05, 0.1) is 29.3 Å². The molecule has 1 amide bonds. The smallest absolute Gasteiger partial charge is 0.416 e. The minimum absolute atomic E-state index is 0.0237. The van der Waals surface area contributed by atoms with E-state index in [1.165, 1.54) is 24.9 Å². The van der Waals surface area contributed by atoms with Crippen LogP contribution in [0.5, 0.6) is 5.75 Å². The van der Waals surface area contributed by atoms with Crippen LogP contribution in [0.3, 0.4) is 0 Å². The monoisotopic (exact) mass is 400 g/mol. The minimum atomic E-state index is -4.52.